The molecule has 3 aromatic rings. The summed E-state index contributed by atoms with van der Waals surface area (Å²) in [6.07, 6.45) is 2.60. The monoisotopic (exact) mass is 351 g/mol. The van der Waals surface area contributed by atoms with Crippen molar-refractivity contribution in [1.29, 1.82) is 0 Å². The zero-order chi connectivity index (χ0) is 14.2. The summed E-state index contributed by atoms with van der Waals surface area (Å²) in [4.78, 5) is 0.101. The van der Waals surface area contributed by atoms with Gasteiger partial charge in [0.15, 0.2) is 0 Å². The fourth-order valence-electron chi connectivity index (χ4n) is 1.94. The maximum Gasteiger partial charge on any atom is 0.265 e. The predicted molar refractivity (Wildman–Crippen MR) is 81.0 cm³/mol. The Balaban J connectivity index is 2.11. The molecule has 0 radical (unpaired) electrons. The van der Waals surface area contributed by atoms with Crippen LogP contribution in [0.1, 0.15) is 0 Å². The minimum Gasteiger partial charge on any atom is -0.284 e. The third-order valence-electron chi connectivity index (χ3n) is 2.90. The number of benzene rings is 2. The van der Waals surface area contributed by atoms with Crippen LogP contribution in [0.25, 0.3) is 10.8 Å². The zero-order valence-corrected chi connectivity index (χ0v) is 12.6. The highest BCUT2D eigenvalue weighted by atomic mass is 79.9. The normalized spacial score (nSPS) is 11.7. The van der Waals surface area contributed by atoms with Gasteiger partial charge in [-0.15, -0.1) is 0 Å². The number of H-pyrrole nitrogens is 1. The molecule has 5 nitrogen and oxygen atoms in total. The quantitative estimate of drug-likeness (QED) is 0.761. The van der Waals surface area contributed by atoms with Crippen LogP contribution in [0.5, 0.6) is 0 Å². The van der Waals surface area contributed by atoms with Crippen molar-refractivity contribution in [2.75, 3.05) is 4.72 Å². The predicted octanol–water partition coefficient (Wildman–Crippen LogP) is 3.13. The molecule has 0 aliphatic rings. The topological polar surface area (TPSA) is 74.8 Å². The first kappa shape index (κ1) is 13.1. The van der Waals surface area contributed by atoms with Gasteiger partial charge in [-0.2, -0.15) is 5.10 Å². The maximum atomic E-state index is 12.2. The lowest BCUT2D eigenvalue weighted by molar-refractivity contribution is 0.601. The molecule has 1 aromatic heterocycles. The molecule has 0 atom stereocenters. The molecule has 0 unspecified atom stereocenters. The second kappa shape index (κ2) is 4.92. The van der Waals surface area contributed by atoms with Gasteiger partial charge < -0.3 is 0 Å². The SMILES string of the molecule is O=S(=O)(Nc1ccc(Br)c2ccccc12)c1cn[nH]c1. The number of hydrogen-bond acceptors (Lipinski definition) is 3. The van der Waals surface area contributed by atoms with E-state index in [1.807, 2.05) is 30.3 Å². The van der Waals surface area contributed by atoms with Crippen LogP contribution in [0, 0.1) is 0 Å². The van der Waals surface area contributed by atoms with E-state index in [1.165, 1.54) is 12.4 Å². The lowest BCUT2D eigenvalue weighted by Gasteiger charge is -2.10. The van der Waals surface area contributed by atoms with E-state index < -0.39 is 10.0 Å². The third-order valence-corrected chi connectivity index (χ3v) is 4.92. The number of hydrogen-bond donors (Lipinski definition) is 2. The fourth-order valence-corrected chi connectivity index (χ4v) is 3.40. The number of aromatic amines is 1. The Hall–Kier alpha value is -1.86. The number of anilines is 1. The molecule has 0 bridgehead atoms. The minimum atomic E-state index is -3.63. The number of nitrogens with one attached hydrogen (secondary N) is 2. The van der Waals surface area contributed by atoms with Crippen molar-refractivity contribution in [3.8, 4) is 0 Å². The molecular weight excluding hydrogens is 342 g/mol. The molecule has 0 saturated carbocycles. The van der Waals surface area contributed by atoms with Crippen LogP contribution in [-0.2, 0) is 10.0 Å². The van der Waals surface area contributed by atoms with Crippen LogP contribution in [0.3, 0.4) is 0 Å². The summed E-state index contributed by atoms with van der Waals surface area (Å²) in [6.45, 7) is 0. The molecule has 2 N–H and O–H groups in total. The summed E-state index contributed by atoms with van der Waals surface area (Å²) < 4.78 is 27.9. The van der Waals surface area contributed by atoms with E-state index in [1.54, 1.807) is 6.07 Å². The van der Waals surface area contributed by atoms with Gasteiger partial charge in [0.1, 0.15) is 4.90 Å². The van der Waals surface area contributed by atoms with Gasteiger partial charge >= 0.3 is 0 Å². The molecule has 20 heavy (non-hydrogen) atoms. The van der Waals surface area contributed by atoms with E-state index in [-0.39, 0.29) is 4.90 Å². The number of sulfonamides is 1. The molecule has 3 rings (SSSR count). The molecular formula is C13H10BrN3O2S. The zero-order valence-electron chi connectivity index (χ0n) is 10.2. The number of rotatable bonds is 3. The average Bonchev–Trinajstić information content (AvgIpc) is 2.97. The summed E-state index contributed by atoms with van der Waals surface area (Å²) in [5.74, 6) is 0. The Bertz CT molecular complexity index is 860. The van der Waals surface area contributed by atoms with Crippen molar-refractivity contribution in [2.45, 2.75) is 4.90 Å². The van der Waals surface area contributed by atoms with Crippen molar-refractivity contribution < 1.29 is 8.42 Å². The summed E-state index contributed by atoms with van der Waals surface area (Å²) in [6, 6.07) is 11.1. The van der Waals surface area contributed by atoms with E-state index >= 15 is 0 Å². The molecule has 7 heteroatoms. The Morgan fingerprint density at radius 3 is 2.55 bits per heavy atom. The minimum absolute atomic E-state index is 0.101. The van der Waals surface area contributed by atoms with E-state index in [9.17, 15) is 8.42 Å². The highest BCUT2D eigenvalue weighted by Crippen LogP contribution is 2.31. The van der Waals surface area contributed by atoms with E-state index in [0.717, 1.165) is 15.2 Å². The van der Waals surface area contributed by atoms with E-state index in [0.29, 0.717) is 5.69 Å². The smallest absolute Gasteiger partial charge is 0.265 e. The van der Waals surface area contributed by atoms with Gasteiger partial charge in [-0.25, -0.2) is 8.42 Å². The lowest BCUT2D eigenvalue weighted by Crippen LogP contribution is -2.12. The highest BCUT2D eigenvalue weighted by molar-refractivity contribution is 9.10. The first-order chi connectivity index (χ1) is 9.58. The summed E-state index contributed by atoms with van der Waals surface area (Å²) >= 11 is 3.46. The van der Waals surface area contributed by atoms with Crippen LogP contribution in [-0.4, -0.2) is 18.6 Å². The molecule has 0 saturated heterocycles. The van der Waals surface area contributed by atoms with Crippen molar-refractivity contribution in [1.82, 2.24) is 10.2 Å². The van der Waals surface area contributed by atoms with Crippen LogP contribution in [0.15, 0.2) is 58.2 Å². The van der Waals surface area contributed by atoms with Gasteiger partial charge in [0.05, 0.1) is 11.9 Å². The van der Waals surface area contributed by atoms with Gasteiger partial charge in [0.2, 0.25) is 0 Å². The highest BCUT2D eigenvalue weighted by Gasteiger charge is 2.16. The van der Waals surface area contributed by atoms with Gasteiger partial charge in [-0.3, -0.25) is 9.82 Å². The molecule has 0 aliphatic carbocycles. The Morgan fingerprint density at radius 2 is 1.85 bits per heavy atom. The molecule has 2 aromatic carbocycles. The van der Waals surface area contributed by atoms with Crippen molar-refractivity contribution >= 4 is 42.4 Å². The van der Waals surface area contributed by atoms with Crippen LogP contribution >= 0.6 is 15.9 Å². The average molecular weight is 352 g/mol. The number of nitrogens with zero attached hydrogens (tertiary/aromatic N) is 1. The maximum absolute atomic E-state index is 12.2. The molecule has 0 spiro atoms. The van der Waals surface area contributed by atoms with Crippen LogP contribution < -0.4 is 4.72 Å². The van der Waals surface area contributed by atoms with Crippen molar-refractivity contribution in [3.63, 3.8) is 0 Å². The second-order valence-electron chi connectivity index (χ2n) is 4.18. The third kappa shape index (κ3) is 2.30. The van der Waals surface area contributed by atoms with Crippen molar-refractivity contribution in [2.24, 2.45) is 0 Å². The standard InChI is InChI=1S/C13H10BrN3O2S/c14-12-5-6-13(11-4-2-1-3-10(11)12)17-20(18,19)9-7-15-16-8-9/h1-8,17H,(H,15,16). The number of aromatic nitrogens is 2. The van der Waals surface area contributed by atoms with Crippen molar-refractivity contribution in [3.05, 3.63) is 53.3 Å². The van der Waals surface area contributed by atoms with E-state index in [4.69, 9.17) is 0 Å². The Kier molecular flexibility index (Phi) is 3.23. The Labute approximate surface area is 124 Å². The summed E-state index contributed by atoms with van der Waals surface area (Å²) in [5, 5.41) is 7.92. The first-order valence-electron chi connectivity index (χ1n) is 5.77. The van der Waals surface area contributed by atoms with E-state index in [2.05, 4.69) is 30.8 Å². The number of fused-ring (bicyclic) bond motifs is 1. The molecule has 0 amide bonds. The van der Waals surface area contributed by atoms with Crippen LogP contribution in [0.2, 0.25) is 0 Å². The summed E-state index contributed by atoms with van der Waals surface area (Å²) in [5.41, 5.74) is 0.532. The molecule has 1 heterocycles. The van der Waals surface area contributed by atoms with Crippen LogP contribution in [0.4, 0.5) is 5.69 Å². The van der Waals surface area contributed by atoms with Gasteiger partial charge in [0, 0.05) is 16.1 Å². The molecule has 0 fully saturated rings. The first-order valence-corrected chi connectivity index (χ1v) is 8.04. The largest absolute Gasteiger partial charge is 0.284 e. The lowest BCUT2D eigenvalue weighted by atomic mass is 10.1. The summed E-state index contributed by atoms with van der Waals surface area (Å²) in [7, 11) is -3.63. The molecule has 0 aliphatic heterocycles. The van der Waals surface area contributed by atoms with Gasteiger partial charge in [-0.05, 0) is 17.5 Å². The van der Waals surface area contributed by atoms with Gasteiger partial charge in [-0.1, -0.05) is 40.2 Å². The number of halogens is 1. The Morgan fingerprint density at radius 1 is 1.10 bits per heavy atom. The molecule has 102 valence electrons. The second-order valence-corrected chi connectivity index (χ2v) is 6.72. The fraction of sp³-hybridized carbons (Fsp3) is 0. The van der Waals surface area contributed by atoms with Gasteiger partial charge in [0.25, 0.3) is 10.0 Å².